The molecule has 1 unspecified atom stereocenters. The number of nitrogens with one attached hydrogen (secondary N) is 1. The van der Waals surface area contributed by atoms with Gasteiger partial charge in [0.15, 0.2) is 0 Å². The molecule has 1 amide bonds. The predicted octanol–water partition coefficient (Wildman–Crippen LogP) is 3.33. The van der Waals surface area contributed by atoms with Gasteiger partial charge in [-0.2, -0.15) is 0 Å². The largest absolute Gasteiger partial charge is 0.495 e. The summed E-state index contributed by atoms with van der Waals surface area (Å²) in [4.78, 5) is 25.6. The number of anilines is 1. The Labute approximate surface area is 161 Å². The van der Waals surface area contributed by atoms with Crippen LogP contribution in [-0.2, 0) is 9.59 Å². The van der Waals surface area contributed by atoms with Crippen molar-refractivity contribution in [3.05, 3.63) is 36.4 Å². The van der Waals surface area contributed by atoms with E-state index in [0.29, 0.717) is 30.0 Å². The van der Waals surface area contributed by atoms with E-state index in [1.807, 2.05) is 35.2 Å². The summed E-state index contributed by atoms with van der Waals surface area (Å²) in [7, 11) is 1.56. The highest BCUT2D eigenvalue weighted by Crippen LogP contribution is 2.36. The van der Waals surface area contributed by atoms with Crippen molar-refractivity contribution in [3.63, 3.8) is 0 Å². The molecule has 146 valence electrons. The number of rotatable bonds is 5. The van der Waals surface area contributed by atoms with Crippen LogP contribution in [0, 0.1) is 5.92 Å². The van der Waals surface area contributed by atoms with Crippen LogP contribution in [0.25, 0.3) is 21.9 Å². The molecule has 7 heteroatoms. The number of benzene rings is 2. The molecule has 28 heavy (non-hydrogen) atoms. The van der Waals surface area contributed by atoms with E-state index in [4.69, 9.17) is 9.15 Å². The maximum absolute atomic E-state index is 12.5. The zero-order valence-corrected chi connectivity index (χ0v) is 15.6. The summed E-state index contributed by atoms with van der Waals surface area (Å²) in [5.74, 6) is -0.876. The number of carbonyl (C=O) groups is 2. The first kappa shape index (κ1) is 18.3. The Kier molecular flexibility index (Phi) is 4.92. The van der Waals surface area contributed by atoms with Crippen molar-refractivity contribution in [1.29, 1.82) is 0 Å². The number of ether oxygens (including phenoxy) is 1. The zero-order valence-electron chi connectivity index (χ0n) is 15.6. The van der Waals surface area contributed by atoms with Gasteiger partial charge >= 0.3 is 5.97 Å². The molecule has 3 aromatic rings. The summed E-state index contributed by atoms with van der Waals surface area (Å²) in [5.41, 5.74) is 1.98. The van der Waals surface area contributed by atoms with E-state index in [-0.39, 0.29) is 12.5 Å². The number of furan rings is 1. The zero-order chi connectivity index (χ0) is 19.7. The molecule has 1 aromatic heterocycles. The van der Waals surface area contributed by atoms with Crippen LogP contribution in [0.2, 0.25) is 0 Å². The second-order valence-electron chi connectivity index (χ2n) is 7.11. The third-order valence-corrected chi connectivity index (χ3v) is 5.19. The van der Waals surface area contributed by atoms with Gasteiger partial charge in [-0.05, 0) is 31.5 Å². The quantitative estimate of drug-likeness (QED) is 0.703. The first-order valence-corrected chi connectivity index (χ1v) is 9.29. The summed E-state index contributed by atoms with van der Waals surface area (Å²) >= 11 is 0. The van der Waals surface area contributed by atoms with Crippen LogP contribution in [0.1, 0.15) is 12.8 Å². The minimum atomic E-state index is -0.804. The Morgan fingerprint density at radius 3 is 2.86 bits per heavy atom. The number of para-hydroxylation sites is 1. The molecule has 4 rings (SSSR count). The van der Waals surface area contributed by atoms with Gasteiger partial charge in [0.2, 0.25) is 5.91 Å². The van der Waals surface area contributed by atoms with E-state index in [1.165, 1.54) is 0 Å². The summed E-state index contributed by atoms with van der Waals surface area (Å²) in [6, 6.07) is 11.4. The molecule has 1 fully saturated rings. The van der Waals surface area contributed by atoms with Crippen LogP contribution in [0.3, 0.4) is 0 Å². The number of hydrogen-bond acceptors (Lipinski definition) is 5. The van der Waals surface area contributed by atoms with Crippen LogP contribution in [-0.4, -0.2) is 48.6 Å². The monoisotopic (exact) mass is 382 g/mol. The van der Waals surface area contributed by atoms with Gasteiger partial charge in [-0.25, -0.2) is 0 Å². The molecule has 1 aliphatic heterocycles. The first-order valence-electron chi connectivity index (χ1n) is 9.29. The van der Waals surface area contributed by atoms with Crippen molar-refractivity contribution in [2.45, 2.75) is 12.8 Å². The van der Waals surface area contributed by atoms with E-state index in [9.17, 15) is 14.7 Å². The van der Waals surface area contributed by atoms with Gasteiger partial charge in [0.1, 0.15) is 16.9 Å². The van der Waals surface area contributed by atoms with Gasteiger partial charge in [-0.15, -0.1) is 0 Å². The standard InChI is InChI=1S/C21H22N2O5/c1-27-19-9-15-14-6-2-3-7-17(14)28-18(15)10-16(19)22-20(24)12-23-8-4-5-13(11-23)21(25)26/h2-3,6-7,9-10,13H,4-5,8,11-12H2,1H3,(H,22,24)(H,25,26). The third kappa shape index (κ3) is 3.53. The average Bonchev–Trinajstić information content (AvgIpc) is 3.04. The molecule has 1 atom stereocenters. The van der Waals surface area contributed by atoms with Gasteiger partial charge in [0.25, 0.3) is 0 Å². The number of carboxylic acid groups (broad SMARTS) is 1. The molecule has 0 spiro atoms. The van der Waals surface area contributed by atoms with E-state index >= 15 is 0 Å². The van der Waals surface area contributed by atoms with Gasteiger partial charge < -0.3 is 19.6 Å². The van der Waals surface area contributed by atoms with Crippen molar-refractivity contribution in [3.8, 4) is 5.75 Å². The molecule has 2 aromatic carbocycles. The number of fused-ring (bicyclic) bond motifs is 3. The van der Waals surface area contributed by atoms with Crippen LogP contribution in [0.5, 0.6) is 5.75 Å². The molecule has 0 radical (unpaired) electrons. The van der Waals surface area contributed by atoms with Gasteiger partial charge in [-0.3, -0.25) is 14.5 Å². The fourth-order valence-electron chi connectivity index (χ4n) is 3.81. The molecular formula is C21H22N2O5. The normalized spacial score (nSPS) is 17.7. The molecule has 2 heterocycles. The van der Waals surface area contributed by atoms with Crippen LogP contribution < -0.4 is 10.1 Å². The van der Waals surface area contributed by atoms with Crippen LogP contribution in [0.15, 0.2) is 40.8 Å². The SMILES string of the molecule is COc1cc2c(cc1NC(=O)CN1CCCC(C(=O)O)C1)oc1ccccc12. The number of methoxy groups -OCH3 is 1. The minimum Gasteiger partial charge on any atom is -0.495 e. The molecule has 1 saturated heterocycles. The Bertz CT molecular complexity index is 1040. The summed E-state index contributed by atoms with van der Waals surface area (Å²) in [6.07, 6.45) is 1.43. The maximum Gasteiger partial charge on any atom is 0.307 e. The number of amides is 1. The molecule has 0 bridgehead atoms. The average molecular weight is 382 g/mol. The molecule has 7 nitrogen and oxygen atoms in total. The summed E-state index contributed by atoms with van der Waals surface area (Å²) in [6.45, 7) is 1.25. The van der Waals surface area contributed by atoms with Crippen LogP contribution >= 0.6 is 0 Å². The number of carboxylic acids is 1. The lowest BCUT2D eigenvalue weighted by molar-refractivity contribution is -0.144. The minimum absolute atomic E-state index is 0.144. The van der Waals surface area contributed by atoms with E-state index in [1.54, 1.807) is 13.2 Å². The smallest absolute Gasteiger partial charge is 0.307 e. The van der Waals surface area contributed by atoms with Crippen molar-refractivity contribution in [1.82, 2.24) is 4.90 Å². The highest BCUT2D eigenvalue weighted by atomic mass is 16.5. The topological polar surface area (TPSA) is 92.0 Å². The molecule has 1 aliphatic rings. The highest BCUT2D eigenvalue weighted by molar-refractivity contribution is 6.07. The molecular weight excluding hydrogens is 360 g/mol. The van der Waals surface area contributed by atoms with E-state index in [2.05, 4.69) is 5.32 Å². The molecule has 0 aliphatic carbocycles. The summed E-state index contributed by atoms with van der Waals surface area (Å²) < 4.78 is 11.3. The van der Waals surface area contributed by atoms with Gasteiger partial charge in [0, 0.05) is 23.4 Å². The summed E-state index contributed by atoms with van der Waals surface area (Å²) in [5, 5.41) is 14.0. The second-order valence-corrected chi connectivity index (χ2v) is 7.11. The Morgan fingerprint density at radius 2 is 2.07 bits per heavy atom. The van der Waals surface area contributed by atoms with Crippen molar-refractivity contribution >= 4 is 39.5 Å². The number of nitrogens with zero attached hydrogens (tertiary/aromatic N) is 1. The Morgan fingerprint density at radius 1 is 1.25 bits per heavy atom. The van der Waals surface area contributed by atoms with Crippen molar-refractivity contribution in [2.75, 3.05) is 32.1 Å². The first-order chi connectivity index (χ1) is 13.5. The third-order valence-electron chi connectivity index (χ3n) is 5.19. The second kappa shape index (κ2) is 7.52. The number of piperidine rings is 1. The number of likely N-dealkylation sites (tertiary alicyclic amines) is 1. The fourth-order valence-corrected chi connectivity index (χ4v) is 3.81. The van der Waals surface area contributed by atoms with Gasteiger partial charge in [0.05, 0.1) is 25.3 Å². The van der Waals surface area contributed by atoms with Gasteiger partial charge in [-0.1, -0.05) is 18.2 Å². The lowest BCUT2D eigenvalue weighted by Crippen LogP contribution is -2.42. The lowest BCUT2D eigenvalue weighted by atomic mass is 9.98. The number of hydrogen-bond donors (Lipinski definition) is 2. The Balaban J connectivity index is 1.54. The predicted molar refractivity (Wildman–Crippen MR) is 106 cm³/mol. The molecule has 0 saturated carbocycles. The maximum atomic E-state index is 12.5. The van der Waals surface area contributed by atoms with Crippen LogP contribution in [0.4, 0.5) is 5.69 Å². The number of aliphatic carboxylic acids is 1. The van der Waals surface area contributed by atoms with Crippen molar-refractivity contribution < 1.29 is 23.8 Å². The highest BCUT2D eigenvalue weighted by Gasteiger charge is 2.26. The van der Waals surface area contributed by atoms with E-state index < -0.39 is 11.9 Å². The lowest BCUT2D eigenvalue weighted by Gasteiger charge is -2.29. The number of carbonyl (C=O) groups excluding carboxylic acids is 1. The Hall–Kier alpha value is -3.06. The molecule has 2 N–H and O–H groups in total. The fraction of sp³-hybridized carbons (Fsp3) is 0.333. The van der Waals surface area contributed by atoms with Crippen molar-refractivity contribution in [2.24, 2.45) is 5.92 Å². The van der Waals surface area contributed by atoms with E-state index in [0.717, 1.165) is 29.3 Å².